The molecular formula is C34H36F4N4O4S. The molecule has 7 aliphatic rings. The zero-order valence-electron chi connectivity index (χ0n) is 26.0. The summed E-state index contributed by atoms with van der Waals surface area (Å²) in [7, 11) is -3.41. The predicted molar refractivity (Wildman–Crippen MR) is 166 cm³/mol. The van der Waals surface area contributed by atoms with Crippen LogP contribution in [0.1, 0.15) is 82.3 Å². The maximum Gasteiger partial charge on any atom is 0.403 e. The van der Waals surface area contributed by atoms with Crippen molar-refractivity contribution in [2.24, 2.45) is 10.8 Å². The molecule has 0 radical (unpaired) electrons. The first-order valence-corrected chi connectivity index (χ1v) is 18.1. The van der Waals surface area contributed by atoms with E-state index in [1.165, 1.54) is 0 Å². The van der Waals surface area contributed by atoms with Crippen LogP contribution in [-0.2, 0) is 25.6 Å². The molecular weight excluding hydrogens is 636 g/mol. The molecule has 0 saturated heterocycles. The minimum Gasteiger partial charge on any atom is -0.338 e. The number of carbonyl (C=O) groups is 1. The molecule has 0 atom stereocenters. The third-order valence-electron chi connectivity index (χ3n) is 11.8. The largest absolute Gasteiger partial charge is 0.403 e. The Morgan fingerprint density at radius 3 is 2.13 bits per heavy atom. The summed E-state index contributed by atoms with van der Waals surface area (Å²) < 4.78 is 86.8. The number of carbonyl (C=O) groups excluding carboxylic acids is 1. The van der Waals surface area contributed by atoms with Crippen LogP contribution in [-0.4, -0.2) is 49.1 Å². The van der Waals surface area contributed by atoms with E-state index in [4.69, 9.17) is 4.52 Å². The Hall–Kier alpha value is -3.48. The van der Waals surface area contributed by atoms with Gasteiger partial charge >= 0.3 is 6.18 Å². The lowest BCUT2D eigenvalue weighted by atomic mass is 9.41. The Bertz CT molecular complexity index is 1820. The van der Waals surface area contributed by atoms with E-state index >= 15 is 0 Å². The van der Waals surface area contributed by atoms with Crippen molar-refractivity contribution in [2.45, 2.75) is 93.3 Å². The number of nitrogens with zero attached hydrogens (tertiary/aromatic N) is 3. The lowest BCUT2D eigenvalue weighted by Crippen LogP contribution is -2.71. The third kappa shape index (κ3) is 4.97. The first kappa shape index (κ1) is 30.8. The summed E-state index contributed by atoms with van der Waals surface area (Å²) >= 11 is 0. The third-order valence-corrected chi connectivity index (χ3v) is 12.4. The molecule has 1 heterocycles. The SMILES string of the molecule is CS(=O)(=O)Nc1ccc(-c2cccc(N(CC34CCC(c5noc(C6(C(F)(F)F)CC6)n5)(CC3)CC4)C(=O)C34CC(F)(C3)C4)c2)cc1. The Kier molecular flexibility index (Phi) is 6.42. The van der Waals surface area contributed by atoms with Crippen molar-refractivity contribution in [3.05, 3.63) is 60.2 Å². The number of hydrogen-bond donors (Lipinski definition) is 1. The van der Waals surface area contributed by atoms with Crippen LogP contribution < -0.4 is 9.62 Å². The molecule has 1 N–H and O–H groups in total. The molecule has 0 unspecified atom stereocenters. The summed E-state index contributed by atoms with van der Waals surface area (Å²) in [5, 5.41) is 4.09. The van der Waals surface area contributed by atoms with Gasteiger partial charge in [0, 0.05) is 23.3 Å². The normalized spacial score (nSPS) is 31.9. The van der Waals surface area contributed by atoms with Crippen molar-refractivity contribution in [2.75, 3.05) is 22.4 Å². The van der Waals surface area contributed by atoms with Gasteiger partial charge in [0.05, 0.1) is 11.7 Å². The fraction of sp³-hybridized carbons (Fsp3) is 0.559. The fourth-order valence-electron chi connectivity index (χ4n) is 8.80. The molecule has 47 heavy (non-hydrogen) atoms. The number of fused-ring (bicyclic) bond motifs is 3. The molecule has 3 aromatic rings. The Morgan fingerprint density at radius 2 is 1.57 bits per heavy atom. The molecule has 250 valence electrons. The molecule has 13 heteroatoms. The number of sulfonamides is 1. The maximum atomic E-state index is 14.6. The van der Waals surface area contributed by atoms with E-state index in [-0.39, 0.29) is 49.3 Å². The van der Waals surface area contributed by atoms with Gasteiger partial charge in [-0.3, -0.25) is 9.52 Å². The molecule has 7 saturated carbocycles. The maximum absolute atomic E-state index is 14.6. The highest BCUT2D eigenvalue weighted by Crippen LogP contribution is 2.70. The topological polar surface area (TPSA) is 105 Å². The molecule has 7 aliphatic carbocycles. The van der Waals surface area contributed by atoms with Crippen LogP contribution >= 0.6 is 0 Å². The molecule has 1 aromatic heterocycles. The van der Waals surface area contributed by atoms with Gasteiger partial charge in [-0.1, -0.05) is 29.4 Å². The van der Waals surface area contributed by atoms with Crippen LogP contribution in [0, 0.1) is 10.8 Å². The molecule has 0 spiro atoms. The average molecular weight is 673 g/mol. The summed E-state index contributed by atoms with van der Waals surface area (Å²) in [6.45, 7) is 0.471. The van der Waals surface area contributed by atoms with Crippen molar-refractivity contribution in [1.82, 2.24) is 10.1 Å². The predicted octanol–water partition coefficient (Wildman–Crippen LogP) is 7.22. The van der Waals surface area contributed by atoms with Gasteiger partial charge in [0.2, 0.25) is 21.8 Å². The second kappa shape index (κ2) is 9.79. The van der Waals surface area contributed by atoms with Crippen molar-refractivity contribution in [3.63, 3.8) is 0 Å². The van der Waals surface area contributed by atoms with E-state index in [1.54, 1.807) is 12.1 Å². The second-order valence-corrected chi connectivity index (χ2v) is 16.9. The number of amides is 1. The minimum absolute atomic E-state index is 0.0317. The first-order valence-electron chi connectivity index (χ1n) is 16.2. The van der Waals surface area contributed by atoms with E-state index < -0.39 is 38.1 Å². The summed E-state index contributed by atoms with van der Waals surface area (Å²) in [5.74, 6) is -0.000827. The Labute approximate surface area is 270 Å². The van der Waals surface area contributed by atoms with Gasteiger partial charge < -0.3 is 9.42 Å². The number of aromatic nitrogens is 2. The van der Waals surface area contributed by atoms with E-state index in [9.17, 15) is 30.8 Å². The summed E-state index contributed by atoms with van der Waals surface area (Å²) in [4.78, 5) is 20.4. The van der Waals surface area contributed by atoms with Crippen molar-refractivity contribution in [1.29, 1.82) is 0 Å². The molecule has 4 bridgehead atoms. The summed E-state index contributed by atoms with van der Waals surface area (Å²) in [5.41, 5.74) is -1.67. The summed E-state index contributed by atoms with van der Waals surface area (Å²) in [6.07, 6.45) is 1.73. The van der Waals surface area contributed by atoms with Gasteiger partial charge in [0.25, 0.3) is 0 Å². The number of benzene rings is 2. The molecule has 0 aliphatic heterocycles. The van der Waals surface area contributed by atoms with Crippen LogP contribution in [0.2, 0.25) is 0 Å². The van der Waals surface area contributed by atoms with Crippen LogP contribution in [0.15, 0.2) is 53.1 Å². The highest BCUT2D eigenvalue weighted by Gasteiger charge is 2.74. The lowest BCUT2D eigenvalue weighted by Gasteiger charge is -2.65. The van der Waals surface area contributed by atoms with Gasteiger partial charge in [-0.2, -0.15) is 18.2 Å². The van der Waals surface area contributed by atoms with Crippen LogP contribution in [0.5, 0.6) is 0 Å². The number of alkyl halides is 4. The van der Waals surface area contributed by atoms with Gasteiger partial charge in [-0.25, -0.2) is 12.8 Å². The van der Waals surface area contributed by atoms with Crippen molar-refractivity contribution in [3.8, 4) is 11.1 Å². The standard InChI is InChI=1S/C34H36F4N4O4S/c1-47(44,45)41-24-7-5-22(6-8-24)23-3-2-4-25(17-23)42(28(43)31-18-32(35,19-31)20-31)21-29-9-12-30(13-10-29,14-11-29)26-39-27(46-40-26)33(15-16-33)34(36,37)38/h2-8,17,41H,9-16,18-21H2,1H3. The van der Waals surface area contributed by atoms with Gasteiger partial charge in [-0.05, 0) is 111 Å². The number of anilines is 2. The van der Waals surface area contributed by atoms with Crippen LogP contribution in [0.3, 0.4) is 0 Å². The van der Waals surface area contributed by atoms with E-state index in [2.05, 4.69) is 14.9 Å². The Balaban J connectivity index is 1.04. The van der Waals surface area contributed by atoms with Crippen molar-refractivity contribution < 1.29 is 35.3 Å². The van der Waals surface area contributed by atoms with E-state index in [0.29, 0.717) is 37.3 Å². The van der Waals surface area contributed by atoms with Crippen molar-refractivity contribution >= 4 is 27.3 Å². The van der Waals surface area contributed by atoms with E-state index in [1.807, 2.05) is 41.3 Å². The molecule has 8 nitrogen and oxygen atoms in total. The highest BCUT2D eigenvalue weighted by molar-refractivity contribution is 7.92. The monoisotopic (exact) mass is 672 g/mol. The van der Waals surface area contributed by atoms with Gasteiger partial charge in [0.1, 0.15) is 11.1 Å². The fourth-order valence-corrected chi connectivity index (χ4v) is 9.37. The quantitative estimate of drug-likeness (QED) is 0.241. The van der Waals surface area contributed by atoms with Gasteiger partial charge in [0.15, 0.2) is 5.82 Å². The second-order valence-electron chi connectivity index (χ2n) is 15.1. The number of halogens is 4. The van der Waals surface area contributed by atoms with Gasteiger partial charge in [-0.15, -0.1) is 0 Å². The number of rotatable bonds is 9. The first-order chi connectivity index (χ1) is 22.1. The smallest absolute Gasteiger partial charge is 0.338 e. The molecule has 10 rings (SSSR count). The minimum atomic E-state index is -4.42. The average Bonchev–Trinajstić information content (AvgIpc) is 3.68. The molecule has 1 amide bonds. The highest BCUT2D eigenvalue weighted by atomic mass is 32.2. The number of hydrogen-bond acceptors (Lipinski definition) is 6. The van der Waals surface area contributed by atoms with Crippen LogP contribution in [0.25, 0.3) is 11.1 Å². The molecule has 7 fully saturated rings. The lowest BCUT2D eigenvalue weighted by molar-refractivity contribution is -0.211. The summed E-state index contributed by atoms with van der Waals surface area (Å²) in [6, 6.07) is 14.7. The number of nitrogens with one attached hydrogen (secondary N) is 1. The van der Waals surface area contributed by atoms with E-state index in [0.717, 1.165) is 42.3 Å². The van der Waals surface area contributed by atoms with Crippen LogP contribution in [0.4, 0.5) is 28.9 Å². The zero-order valence-corrected chi connectivity index (χ0v) is 26.8. The molecule has 2 aromatic carbocycles. The Morgan fingerprint density at radius 1 is 0.936 bits per heavy atom. The zero-order chi connectivity index (χ0) is 33.1.